The Bertz CT molecular complexity index is 1460. The Morgan fingerprint density at radius 2 is 1.17 bits per heavy atom. The molecule has 0 atom stereocenters. The molecule has 0 aliphatic heterocycles. The van der Waals surface area contributed by atoms with Gasteiger partial charge in [0.05, 0.1) is 30.0 Å². The van der Waals surface area contributed by atoms with E-state index in [1.807, 2.05) is 30.3 Å². The normalized spacial score (nSPS) is 10.8. The second-order valence-corrected chi connectivity index (χ2v) is 9.53. The van der Waals surface area contributed by atoms with E-state index in [1.54, 1.807) is 72.9 Å². The molecule has 4 rings (SSSR count). The van der Waals surface area contributed by atoms with Gasteiger partial charge in [-0.2, -0.15) is 0 Å². The van der Waals surface area contributed by atoms with Crippen molar-refractivity contribution in [3.8, 4) is 23.0 Å². The highest BCUT2D eigenvalue weighted by Gasteiger charge is 2.15. The molecule has 0 saturated carbocycles. The van der Waals surface area contributed by atoms with Crippen LogP contribution in [0.5, 0.6) is 23.0 Å². The van der Waals surface area contributed by atoms with E-state index < -0.39 is 11.9 Å². The number of aliphatic imine (C=N–C) groups is 1. The predicted octanol–water partition coefficient (Wildman–Crippen LogP) is 8.23. The highest BCUT2D eigenvalue weighted by Crippen LogP contribution is 2.26. The lowest BCUT2D eigenvalue weighted by Gasteiger charge is -2.11. The average Bonchev–Trinajstić information content (AvgIpc) is 3.02. The van der Waals surface area contributed by atoms with Gasteiger partial charge in [-0.1, -0.05) is 44.9 Å². The molecule has 0 fully saturated rings. The molecule has 0 aliphatic carbocycles. The first-order chi connectivity index (χ1) is 20.6. The standard InChI is InChI=1S/C35H35NO6/c1-3-5-22-39-30-16-12-26(13-17-30)34(37)41-32-20-21-33(28(24-32)25-36-29-10-8-7-9-11-29)42-35(38)27-14-18-31(19-15-27)40-23-6-4-2/h7-21,24-25H,3-6,22-23H2,1-2H3. The molecule has 0 saturated heterocycles. The Morgan fingerprint density at radius 3 is 1.71 bits per heavy atom. The summed E-state index contributed by atoms with van der Waals surface area (Å²) in [5, 5.41) is 0. The third kappa shape index (κ3) is 9.06. The van der Waals surface area contributed by atoms with E-state index in [2.05, 4.69) is 18.8 Å². The lowest BCUT2D eigenvalue weighted by molar-refractivity contribution is 0.0719. The van der Waals surface area contributed by atoms with Gasteiger partial charge in [0, 0.05) is 11.8 Å². The maximum Gasteiger partial charge on any atom is 0.343 e. The summed E-state index contributed by atoms with van der Waals surface area (Å²) in [6.45, 7) is 5.45. The van der Waals surface area contributed by atoms with E-state index in [-0.39, 0.29) is 11.5 Å². The number of esters is 2. The zero-order valence-corrected chi connectivity index (χ0v) is 24.0. The average molecular weight is 566 g/mol. The zero-order valence-electron chi connectivity index (χ0n) is 24.0. The van der Waals surface area contributed by atoms with Crippen LogP contribution in [0.25, 0.3) is 0 Å². The van der Waals surface area contributed by atoms with Crippen LogP contribution in [-0.4, -0.2) is 31.4 Å². The molecule has 0 amide bonds. The topological polar surface area (TPSA) is 83.4 Å². The van der Waals surface area contributed by atoms with Gasteiger partial charge < -0.3 is 18.9 Å². The van der Waals surface area contributed by atoms with Gasteiger partial charge in [-0.25, -0.2) is 9.59 Å². The number of ether oxygens (including phenoxy) is 4. The number of carbonyl (C=O) groups excluding carboxylic acids is 2. The van der Waals surface area contributed by atoms with Crippen LogP contribution in [0.2, 0.25) is 0 Å². The number of nitrogens with zero attached hydrogens (tertiary/aromatic N) is 1. The number of unbranched alkanes of at least 4 members (excludes halogenated alkanes) is 2. The van der Waals surface area contributed by atoms with Gasteiger partial charge in [0.25, 0.3) is 0 Å². The summed E-state index contributed by atoms with van der Waals surface area (Å²) < 4.78 is 22.7. The Morgan fingerprint density at radius 1 is 0.643 bits per heavy atom. The summed E-state index contributed by atoms with van der Waals surface area (Å²) in [7, 11) is 0. The van der Waals surface area contributed by atoms with E-state index in [0.717, 1.165) is 31.4 Å². The fourth-order valence-electron chi connectivity index (χ4n) is 3.81. The Hall–Kier alpha value is -4.91. The highest BCUT2D eigenvalue weighted by molar-refractivity contribution is 5.94. The van der Waals surface area contributed by atoms with E-state index in [9.17, 15) is 9.59 Å². The third-order valence-corrected chi connectivity index (χ3v) is 6.22. The van der Waals surface area contributed by atoms with Crippen molar-refractivity contribution in [1.82, 2.24) is 0 Å². The van der Waals surface area contributed by atoms with Crippen molar-refractivity contribution in [1.29, 1.82) is 0 Å². The minimum absolute atomic E-state index is 0.274. The fourth-order valence-corrected chi connectivity index (χ4v) is 3.81. The second kappa shape index (κ2) is 15.8. The Kier molecular flexibility index (Phi) is 11.3. The van der Waals surface area contributed by atoms with Gasteiger partial charge in [0.15, 0.2) is 0 Å². The summed E-state index contributed by atoms with van der Waals surface area (Å²) >= 11 is 0. The van der Waals surface area contributed by atoms with Crippen molar-refractivity contribution >= 4 is 23.8 Å². The van der Waals surface area contributed by atoms with Crippen LogP contribution in [0.3, 0.4) is 0 Å². The number of rotatable bonds is 14. The third-order valence-electron chi connectivity index (χ3n) is 6.22. The number of carbonyl (C=O) groups is 2. The minimum Gasteiger partial charge on any atom is -0.494 e. The van der Waals surface area contributed by atoms with Crippen LogP contribution < -0.4 is 18.9 Å². The quantitative estimate of drug-likeness (QED) is 0.0663. The van der Waals surface area contributed by atoms with E-state index in [0.29, 0.717) is 41.4 Å². The molecule has 42 heavy (non-hydrogen) atoms. The van der Waals surface area contributed by atoms with Crippen LogP contribution in [0.15, 0.2) is 102 Å². The largest absolute Gasteiger partial charge is 0.494 e. The van der Waals surface area contributed by atoms with Crippen LogP contribution in [0, 0.1) is 0 Å². The monoisotopic (exact) mass is 565 g/mol. The molecule has 7 nitrogen and oxygen atoms in total. The number of para-hydroxylation sites is 1. The van der Waals surface area contributed by atoms with Gasteiger partial charge in [-0.15, -0.1) is 0 Å². The van der Waals surface area contributed by atoms with E-state index in [1.165, 1.54) is 0 Å². The van der Waals surface area contributed by atoms with Crippen LogP contribution >= 0.6 is 0 Å². The lowest BCUT2D eigenvalue weighted by atomic mass is 10.2. The smallest absolute Gasteiger partial charge is 0.343 e. The maximum atomic E-state index is 13.0. The zero-order chi connectivity index (χ0) is 29.6. The molecular weight excluding hydrogens is 530 g/mol. The number of benzene rings is 4. The molecule has 4 aromatic rings. The van der Waals surface area contributed by atoms with Crippen LogP contribution in [-0.2, 0) is 0 Å². The summed E-state index contributed by atoms with van der Waals surface area (Å²) in [5.74, 6) is 0.898. The van der Waals surface area contributed by atoms with Crippen molar-refractivity contribution in [2.45, 2.75) is 39.5 Å². The lowest BCUT2D eigenvalue weighted by Crippen LogP contribution is -2.11. The van der Waals surface area contributed by atoms with Crippen molar-refractivity contribution in [2.24, 2.45) is 4.99 Å². The van der Waals surface area contributed by atoms with Crippen LogP contribution in [0.1, 0.15) is 65.8 Å². The molecule has 0 bridgehead atoms. The van der Waals surface area contributed by atoms with E-state index >= 15 is 0 Å². The van der Waals surface area contributed by atoms with Crippen molar-refractivity contribution < 1.29 is 28.5 Å². The molecule has 0 radical (unpaired) electrons. The summed E-state index contributed by atoms with van der Waals surface area (Å²) in [5.41, 5.74) is 1.95. The predicted molar refractivity (Wildman–Crippen MR) is 164 cm³/mol. The summed E-state index contributed by atoms with van der Waals surface area (Å²) in [4.78, 5) is 30.3. The summed E-state index contributed by atoms with van der Waals surface area (Å²) in [6.07, 6.45) is 5.58. The minimum atomic E-state index is -0.532. The molecule has 0 aromatic heterocycles. The van der Waals surface area contributed by atoms with Crippen molar-refractivity contribution in [2.75, 3.05) is 13.2 Å². The van der Waals surface area contributed by atoms with E-state index in [4.69, 9.17) is 18.9 Å². The molecule has 0 unspecified atom stereocenters. The van der Waals surface area contributed by atoms with Crippen LogP contribution in [0.4, 0.5) is 5.69 Å². The van der Waals surface area contributed by atoms with Crippen molar-refractivity contribution in [3.05, 3.63) is 114 Å². The first kappa shape index (κ1) is 30.1. The molecule has 216 valence electrons. The molecule has 0 spiro atoms. The molecule has 7 heteroatoms. The van der Waals surface area contributed by atoms with Gasteiger partial charge >= 0.3 is 11.9 Å². The molecular formula is C35H35NO6. The summed E-state index contributed by atoms with van der Waals surface area (Å²) in [6, 6.07) is 27.8. The molecule has 0 heterocycles. The molecule has 0 N–H and O–H groups in total. The number of hydrogen-bond acceptors (Lipinski definition) is 7. The Labute approximate surface area is 246 Å². The number of hydrogen-bond donors (Lipinski definition) is 0. The first-order valence-corrected chi connectivity index (χ1v) is 14.2. The SMILES string of the molecule is CCCCOc1ccc(C(=O)Oc2ccc(OC(=O)c3ccc(OCCCC)cc3)c(C=Nc3ccccc3)c2)cc1. The Balaban J connectivity index is 1.49. The molecule has 4 aromatic carbocycles. The van der Waals surface area contributed by atoms with Gasteiger partial charge in [-0.05, 0) is 91.7 Å². The van der Waals surface area contributed by atoms with Crippen molar-refractivity contribution in [3.63, 3.8) is 0 Å². The fraction of sp³-hybridized carbons (Fsp3) is 0.229. The first-order valence-electron chi connectivity index (χ1n) is 14.2. The molecule has 0 aliphatic rings. The second-order valence-electron chi connectivity index (χ2n) is 9.53. The maximum absolute atomic E-state index is 13.0. The van der Waals surface area contributed by atoms with Gasteiger partial charge in [0.2, 0.25) is 0 Å². The van der Waals surface area contributed by atoms with Gasteiger partial charge in [-0.3, -0.25) is 4.99 Å². The highest BCUT2D eigenvalue weighted by atomic mass is 16.5. The van der Waals surface area contributed by atoms with Gasteiger partial charge in [0.1, 0.15) is 23.0 Å².